The van der Waals surface area contributed by atoms with Gasteiger partial charge in [-0.3, -0.25) is 4.90 Å². The molecule has 2 aromatic rings. The van der Waals surface area contributed by atoms with Gasteiger partial charge in [0.2, 0.25) is 0 Å². The first-order chi connectivity index (χ1) is 8.74. The quantitative estimate of drug-likeness (QED) is 0.808. The van der Waals surface area contributed by atoms with Gasteiger partial charge in [-0.2, -0.15) is 0 Å². The number of imidazole rings is 1. The van der Waals surface area contributed by atoms with E-state index in [0.717, 1.165) is 12.1 Å². The maximum Gasteiger partial charge on any atom is 0.123 e. The fourth-order valence-corrected chi connectivity index (χ4v) is 2.82. The van der Waals surface area contributed by atoms with E-state index in [9.17, 15) is 0 Å². The molecule has 1 aliphatic heterocycles. The lowest BCUT2D eigenvalue weighted by Gasteiger charge is -2.25. The molecule has 0 radical (unpaired) electrons. The second-order valence-electron chi connectivity index (χ2n) is 5.42. The second-order valence-corrected chi connectivity index (χ2v) is 5.42. The van der Waals surface area contributed by atoms with Gasteiger partial charge in [0.05, 0.1) is 17.6 Å². The number of aryl methyl sites for hydroxylation is 2. The van der Waals surface area contributed by atoms with Crippen LogP contribution in [0, 0.1) is 6.92 Å². The largest absolute Gasteiger partial charge is 0.330 e. The molecule has 0 atom stereocenters. The van der Waals surface area contributed by atoms with E-state index in [1.165, 1.54) is 49.3 Å². The highest BCUT2D eigenvalue weighted by Gasteiger charge is 2.14. The van der Waals surface area contributed by atoms with Gasteiger partial charge in [0.15, 0.2) is 0 Å². The molecule has 0 saturated carbocycles. The van der Waals surface area contributed by atoms with Crippen molar-refractivity contribution in [3.8, 4) is 0 Å². The standard InChI is InChI=1S/C15H21N3/c1-12-6-7-14-13(10-12)16-15(17(14)2)11-18-8-4-3-5-9-18/h6-7,10H,3-5,8-9,11H2,1-2H3. The maximum atomic E-state index is 4.79. The zero-order valence-electron chi connectivity index (χ0n) is 11.3. The number of fused-ring (bicyclic) bond motifs is 1. The van der Waals surface area contributed by atoms with Crippen LogP contribution < -0.4 is 0 Å². The third-order valence-electron chi connectivity index (χ3n) is 3.94. The van der Waals surface area contributed by atoms with E-state index in [4.69, 9.17) is 4.98 Å². The third kappa shape index (κ3) is 2.15. The Morgan fingerprint density at radius 2 is 1.94 bits per heavy atom. The van der Waals surface area contributed by atoms with Crippen molar-refractivity contribution in [1.29, 1.82) is 0 Å². The predicted octanol–water partition coefficient (Wildman–Crippen LogP) is 2.87. The molecule has 1 saturated heterocycles. The van der Waals surface area contributed by atoms with Crippen molar-refractivity contribution in [3.63, 3.8) is 0 Å². The van der Waals surface area contributed by atoms with Gasteiger partial charge in [0.1, 0.15) is 5.82 Å². The summed E-state index contributed by atoms with van der Waals surface area (Å²) in [5.41, 5.74) is 3.65. The number of aromatic nitrogens is 2. The summed E-state index contributed by atoms with van der Waals surface area (Å²) in [4.78, 5) is 7.31. The molecule has 0 bridgehead atoms. The van der Waals surface area contributed by atoms with Crippen molar-refractivity contribution in [2.75, 3.05) is 13.1 Å². The van der Waals surface area contributed by atoms with Gasteiger partial charge in [0.25, 0.3) is 0 Å². The first kappa shape index (κ1) is 11.7. The Labute approximate surface area is 108 Å². The summed E-state index contributed by atoms with van der Waals surface area (Å²) in [6.07, 6.45) is 4.06. The van der Waals surface area contributed by atoms with Crippen molar-refractivity contribution in [2.24, 2.45) is 7.05 Å². The van der Waals surface area contributed by atoms with Gasteiger partial charge >= 0.3 is 0 Å². The van der Waals surface area contributed by atoms with E-state index in [1.807, 2.05) is 0 Å². The molecule has 1 aliphatic rings. The first-order valence-electron chi connectivity index (χ1n) is 6.88. The van der Waals surface area contributed by atoms with E-state index < -0.39 is 0 Å². The molecule has 96 valence electrons. The highest BCUT2D eigenvalue weighted by atomic mass is 15.2. The fourth-order valence-electron chi connectivity index (χ4n) is 2.82. The molecule has 1 fully saturated rings. The average molecular weight is 243 g/mol. The monoisotopic (exact) mass is 243 g/mol. The summed E-state index contributed by atoms with van der Waals surface area (Å²) in [5.74, 6) is 1.19. The Hall–Kier alpha value is -1.35. The maximum absolute atomic E-state index is 4.79. The Kier molecular flexibility index (Phi) is 3.08. The van der Waals surface area contributed by atoms with Crippen LogP contribution in [-0.4, -0.2) is 27.5 Å². The van der Waals surface area contributed by atoms with Crippen molar-refractivity contribution < 1.29 is 0 Å². The summed E-state index contributed by atoms with van der Waals surface area (Å²) in [6.45, 7) is 5.56. The first-order valence-corrected chi connectivity index (χ1v) is 6.88. The van der Waals surface area contributed by atoms with Gasteiger partial charge in [0, 0.05) is 7.05 Å². The predicted molar refractivity (Wildman–Crippen MR) is 74.6 cm³/mol. The van der Waals surface area contributed by atoms with Gasteiger partial charge in [-0.25, -0.2) is 4.98 Å². The number of benzene rings is 1. The highest BCUT2D eigenvalue weighted by Crippen LogP contribution is 2.19. The molecule has 0 spiro atoms. The Balaban J connectivity index is 1.89. The summed E-state index contributed by atoms with van der Waals surface area (Å²) in [5, 5.41) is 0. The molecular formula is C15H21N3. The normalized spacial score (nSPS) is 17.4. The van der Waals surface area contributed by atoms with E-state index in [2.05, 4.69) is 41.6 Å². The molecular weight excluding hydrogens is 222 g/mol. The van der Waals surface area contributed by atoms with E-state index in [-0.39, 0.29) is 0 Å². The number of hydrogen-bond donors (Lipinski definition) is 0. The van der Waals surface area contributed by atoms with Crippen LogP contribution in [-0.2, 0) is 13.6 Å². The van der Waals surface area contributed by atoms with Crippen LogP contribution in [0.3, 0.4) is 0 Å². The summed E-state index contributed by atoms with van der Waals surface area (Å²) in [7, 11) is 2.13. The van der Waals surface area contributed by atoms with Crippen LogP contribution in [0.2, 0.25) is 0 Å². The Bertz CT molecular complexity index is 550. The van der Waals surface area contributed by atoms with Crippen LogP contribution in [0.15, 0.2) is 18.2 Å². The molecule has 18 heavy (non-hydrogen) atoms. The van der Waals surface area contributed by atoms with Crippen LogP contribution in [0.5, 0.6) is 0 Å². The van der Waals surface area contributed by atoms with Gasteiger partial charge < -0.3 is 4.57 Å². The van der Waals surface area contributed by atoms with Crippen LogP contribution in [0.4, 0.5) is 0 Å². The molecule has 3 heteroatoms. The van der Waals surface area contributed by atoms with Crippen LogP contribution >= 0.6 is 0 Å². The van der Waals surface area contributed by atoms with Gasteiger partial charge in [-0.15, -0.1) is 0 Å². The summed E-state index contributed by atoms with van der Waals surface area (Å²) in [6, 6.07) is 6.51. The molecule has 3 nitrogen and oxygen atoms in total. The zero-order valence-corrected chi connectivity index (χ0v) is 11.3. The number of likely N-dealkylation sites (tertiary alicyclic amines) is 1. The second kappa shape index (κ2) is 4.73. The third-order valence-corrected chi connectivity index (χ3v) is 3.94. The van der Waals surface area contributed by atoms with E-state index in [0.29, 0.717) is 0 Å². The Morgan fingerprint density at radius 1 is 1.17 bits per heavy atom. The van der Waals surface area contributed by atoms with Crippen molar-refractivity contribution in [1.82, 2.24) is 14.5 Å². The lowest BCUT2D eigenvalue weighted by molar-refractivity contribution is 0.214. The Morgan fingerprint density at radius 3 is 2.72 bits per heavy atom. The molecule has 0 unspecified atom stereocenters. The van der Waals surface area contributed by atoms with E-state index >= 15 is 0 Å². The molecule has 1 aromatic heterocycles. The van der Waals surface area contributed by atoms with Crippen molar-refractivity contribution >= 4 is 11.0 Å². The number of nitrogens with zero attached hydrogens (tertiary/aromatic N) is 3. The lowest BCUT2D eigenvalue weighted by atomic mass is 10.1. The van der Waals surface area contributed by atoms with Crippen LogP contribution in [0.25, 0.3) is 11.0 Å². The van der Waals surface area contributed by atoms with E-state index in [1.54, 1.807) is 0 Å². The van der Waals surface area contributed by atoms with Crippen molar-refractivity contribution in [2.45, 2.75) is 32.7 Å². The minimum atomic E-state index is 0.990. The topological polar surface area (TPSA) is 21.1 Å². The highest BCUT2D eigenvalue weighted by molar-refractivity contribution is 5.76. The molecule has 0 N–H and O–H groups in total. The summed E-state index contributed by atoms with van der Waals surface area (Å²) >= 11 is 0. The SMILES string of the molecule is Cc1ccc2c(c1)nc(CN1CCCCC1)n2C. The fraction of sp³-hybridized carbons (Fsp3) is 0.533. The zero-order chi connectivity index (χ0) is 12.5. The summed E-state index contributed by atoms with van der Waals surface area (Å²) < 4.78 is 2.24. The van der Waals surface area contributed by atoms with Crippen molar-refractivity contribution in [3.05, 3.63) is 29.6 Å². The molecule has 0 amide bonds. The molecule has 2 heterocycles. The number of hydrogen-bond acceptors (Lipinski definition) is 2. The molecule has 3 rings (SSSR count). The minimum absolute atomic E-state index is 0.990. The number of piperidine rings is 1. The molecule has 1 aromatic carbocycles. The van der Waals surface area contributed by atoms with Crippen LogP contribution in [0.1, 0.15) is 30.7 Å². The number of rotatable bonds is 2. The minimum Gasteiger partial charge on any atom is -0.330 e. The smallest absolute Gasteiger partial charge is 0.123 e. The average Bonchev–Trinajstić information content (AvgIpc) is 2.67. The van der Waals surface area contributed by atoms with Gasteiger partial charge in [-0.1, -0.05) is 12.5 Å². The lowest BCUT2D eigenvalue weighted by Crippen LogP contribution is -2.30. The van der Waals surface area contributed by atoms with Gasteiger partial charge in [-0.05, 0) is 50.6 Å². The molecule has 0 aliphatic carbocycles.